The molecule has 32 heavy (non-hydrogen) atoms. The molecule has 3 rings (SSSR count). The lowest BCUT2D eigenvalue weighted by molar-refractivity contribution is -0.112. The summed E-state index contributed by atoms with van der Waals surface area (Å²) in [5.74, 6) is 0.391. The van der Waals surface area contributed by atoms with Crippen LogP contribution in [0.1, 0.15) is 11.1 Å². The molecular weight excluding hydrogens is 515 g/mol. The number of methoxy groups -OCH3 is 1. The van der Waals surface area contributed by atoms with Crippen LogP contribution in [0.2, 0.25) is 10.0 Å². The van der Waals surface area contributed by atoms with E-state index in [-0.39, 0.29) is 12.2 Å². The Bertz CT molecular complexity index is 1200. The fourth-order valence-electron chi connectivity index (χ4n) is 2.74. The van der Waals surface area contributed by atoms with Crippen LogP contribution in [0.3, 0.4) is 0 Å². The lowest BCUT2D eigenvalue weighted by Gasteiger charge is -2.14. The van der Waals surface area contributed by atoms with E-state index in [4.69, 9.17) is 32.7 Å². The number of ether oxygens (including phenoxy) is 2. The second-order valence-corrected chi connectivity index (χ2v) is 8.23. The normalized spacial score (nSPS) is 10.9. The number of rotatable bonds is 7. The monoisotopic (exact) mass is 530 g/mol. The molecule has 0 aliphatic heterocycles. The summed E-state index contributed by atoms with van der Waals surface area (Å²) in [6.07, 6.45) is 1.47. The van der Waals surface area contributed by atoms with E-state index in [0.29, 0.717) is 37.3 Å². The first-order chi connectivity index (χ1) is 15.4. The SMILES string of the molecule is COc1cc(/C=C(/C#N)C(=O)Nc2ccc(Cl)cc2)c(Br)cc1OCc1ccccc1Cl. The number of nitrogens with zero attached hydrogens (tertiary/aromatic N) is 1. The van der Waals surface area contributed by atoms with Crippen molar-refractivity contribution in [3.05, 3.63) is 91.9 Å². The third-order valence-electron chi connectivity index (χ3n) is 4.39. The molecule has 0 saturated carbocycles. The third-order valence-corrected chi connectivity index (χ3v) is 5.70. The Morgan fingerprint density at radius 3 is 2.50 bits per heavy atom. The van der Waals surface area contributed by atoms with Crippen LogP contribution < -0.4 is 14.8 Å². The Balaban J connectivity index is 1.82. The van der Waals surface area contributed by atoms with Crippen LogP contribution in [0.5, 0.6) is 11.5 Å². The van der Waals surface area contributed by atoms with Crippen molar-refractivity contribution in [1.29, 1.82) is 5.26 Å². The van der Waals surface area contributed by atoms with Crippen LogP contribution in [-0.4, -0.2) is 13.0 Å². The predicted octanol–water partition coefficient (Wildman–Crippen LogP) is 6.89. The van der Waals surface area contributed by atoms with Gasteiger partial charge in [-0.3, -0.25) is 4.79 Å². The van der Waals surface area contributed by atoms with Gasteiger partial charge in [0.2, 0.25) is 0 Å². The number of carbonyl (C=O) groups excluding carboxylic acids is 1. The summed E-state index contributed by atoms with van der Waals surface area (Å²) in [4.78, 5) is 12.5. The van der Waals surface area contributed by atoms with Crippen molar-refractivity contribution in [1.82, 2.24) is 0 Å². The largest absolute Gasteiger partial charge is 0.493 e. The van der Waals surface area contributed by atoms with Crippen LogP contribution in [-0.2, 0) is 11.4 Å². The molecule has 3 aromatic carbocycles. The van der Waals surface area contributed by atoms with E-state index in [9.17, 15) is 10.1 Å². The van der Waals surface area contributed by atoms with Crippen molar-refractivity contribution in [2.45, 2.75) is 6.61 Å². The first-order valence-electron chi connectivity index (χ1n) is 9.33. The van der Waals surface area contributed by atoms with E-state index < -0.39 is 5.91 Å². The number of benzene rings is 3. The highest BCUT2D eigenvalue weighted by atomic mass is 79.9. The standard InChI is InChI=1S/C24H17BrCl2N2O3/c1-31-22-11-16(10-17(13-28)24(30)29-19-8-6-18(26)7-9-19)20(25)12-23(22)32-14-15-4-2-3-5-21(15)27/h2-12H,14H2,1H3,(H,29,30)/b17-10-. The minimum Gasteiger partial charge on any atom is -0.493 e. The molecule has 0 spiro atoms. The summed E-state index contributed by atoms with van der Waals surface area (Å²) in [6, 6.07) is 19.3. The number of hydrogen-bond acceptors (Lipinski definition) is 4. The zero-order chi connectivity index (χ0) is 23.1. The molecule has 0 atom stereocenters. The summed E-state index contributed by atoms with van der Waals surface area (Å²) in [7, 11) is 1.51. The van der Waals surface area contributed by atoms with Crippen LogP contribution in [0.4, 0.5) is 5.69 Å². The number of amides is 1. The van der Waals surface area contributed by atoms with Gasteiger partial charge in [-0.15, -0.1) is 0 Å². The topological polar surface area (TPSA) is 71.3 Å². The zero-order valence-electron chi connectivity index (χ0n) is 16.9. The van der Waals surface area contributed by atoms with Gasteiger partial charge in [-0.1, -0.05) is 57.3 Å². The molecule has 0 unspecified atom stereocenters. The van der Waals surface area contributed by atoms with Crippen molar-refractivity contribution in [3.63, 3.8) is 0 Å². The van der Waals surface area contributed by atoms with Gasteiger partial charge in [0, 0.05) is 25.8 Å². The van der Waals surface area contributed by atoms with E-state index >= 15 is 0 Å². The third kappa shape index (κ3) is 6.04. The molecule has 0 saturated heterocycles. The molecule has 3 aromatic rings. The molecule has 8 heteroatoms. The summed E-state index contributed by atoms with van der Waals surface area (Å²) < 4.78 is 11.9. The van der Waals surface area contributed by atoms with Crippen molar-refractivity contribution in [2.24, 2.45) is 0 Å². The molecule has 1 N–H and O–H groups in total. The summed E-state index contributed by atoms with van der Waals surface area (Å²) in [5, 5.41) is 13.3. The van der Waals surface area contributed by atoms with Gasteiger partial charge in [-0.2, -0.15) is 5.26 Å². The fraction of sp³-hybridized carbons (Fsp3) is 0.0833. The number of halogens is 3. The first-order valence-corrected chi connectivity index (χ1v) is 10.9. The lowest BCUT2D eigenvalue weighted by atomic mass is 10.1. The molecule has 5 nitrogen and oxygen atoms in total. The van der Waals surface area contributed by atoms with Crippen LogP contribution in [0.25, 0.3) is 6.08 Å². The minimum absolute atomic E-state index is 0.0764. The van der Waals surface area contributed by atoms with Crippen LogP contribution in [0, 0.1) is 11.3 Å². The quantitative estimate of drug-likeness (QED) is 0.266. The second kappa shape index (κ2) is 11.1. The molecule has 0 radical (unpaired) electrons. The van der Waals surface area contributed by atoms with E-state index in [1.165, 1.54) is 13.2 Å². The maximum atomic E-state index is 12.5. The van der Waals surface area contributed by atoms with E-state index in [1.54, 1.807) is 42.5 Å². The van der Waals surface area contributed by atoms with Gasteiger partial charge in [0.1, 0.15) is 18.2 Å². The lowest BCUT2D eigenvalue weighted by Crippen LogP contribution is -2.13. The van der Waals surface area contributed by atoms with E-state index in [1.807, 2.05) is 24.3 Å². The van der Waals surface area contributed by atoms with Gasteiger partial charge < -0.3 is 14.8 Å². The average Bonchev–Trinajstić information content (AvgIpc) is 2.79. The van der Waals surface area contributed by atoms with Crippen LogP contribution >= 0.6 is 39.1 Å². The molecular formula is C24H17BrCl2N2O3. The maximum absolute atomic E-state index is 12.5. The highest BCUT2D eigenvalue weighted by molar-refractivity contribution is 9.10. The van der Waals surface area contributed by atoms with Crippen LogP contribution in [0.15, 0.2) is 70.7 Å². The van der Waals surface area contributed by atoms with Crippen molar-refractivity contribution in [2.75, 3.05) is 12.4 Å². The van der Waals surface area contributed by atoms with Gasteiger partial charge in [0.15, 0.2) is 11.5 Å². The molecule has 0 aliphatic rings. The Hall–Kier alpha value is -2.98. The summed E-state index contributed by atoms with van der Waals surface area (Å²) in [5.41, 5.74) is 1.87. The van der Waals surface area contributed by atoms with Crippen molar-refractivity contribution < 1.29 is 14.3 Å². The average molecular weight is 532 g/mol. The van der Waals surface area contributed by atoms with E-state index in [2.05, 4.69) is 21.2 Å². The Labute approximate surface area is 204 Å². The first kappa shape index (κ1) is 23.7. The van der Waals surface area contributed by atoms with E-state index in [0.717, 1.165) is 5.56 Å². The molecule has 0 aliphatic carbocycles. The number of nitriles is 1. The fourth-order valence-corrected chi connectivity index (χ4v) is 3.49. The molecule has 0 fully saturated rings. The van der Waals surface area contributed by atoms with Gasteiger partial charge in [-0.25, -0.2) is 0 Å². The molecule has 0 bridgehead atoms. The summed E-state index contributed by atoms with van der Waals surface area (Å²) in [6.45, 7) is 0.255. The minimum atomic E-state index is -0.542. The predicted molar refractivity (Wildman–Crippen MR) is 130 cm³/mol. The molecule has 162 valence electrons. The number of nitrogens with one attached hydrogen (secondary N) is 1. The Kier molecular flexibility index (Phi) is 8.18. The Morgan fingerprint density at radius 1 is 1.12 bits per heavy atom. The summed E-state index contributed by atoms with van der Waals surface area (Å²) >= 11 is 15.5. The maximum Gasteiger partial charge on any atom is 0.266 e. The highest BCUT2D eigenvalue weighted by Crippen LogP contribution is 2.35. The second-order valence-electron chi connectivity index (χ2n) is 6.54. The van der Waals surface area contributed by atoms with Crippen molar-refractivity contribution >= 4 is 56.8 Å². The highest BCUT2D eigenvalue weighted by Gasteiger charge is 2.14. The van der Waals surface area contributed by atoms with Gasteiger partial charge in [0.25, 0.3) is 5.91 Å². The number of hydrogen-bond donors (Lipinski definition) is 1. The molecule has 0 heterocycles. The smallest absolute Gasteiger partial charge is 0.266 e. The zero-order valence-corrected chi connectivity index (χ0v) is 20.0. The van der Waals surface area contributed by atoms with Gasteiger partial charge >= 0.3 is 0 Å². The van der Waals surface area contributed by atoms with Gasteiger partial charge in [0.05, 0.1) is 7.11 Å². The molecule has 0 aromatic heterocycles. The Morgan fingerprint density at radius 2 is 1.84 bits per heavy atom. The molecule has 1 amide bonds. The van der Waals surface area contributed by atoms with Gasteiger partial charge in [-0.05, 0) is 54.1 Å². The number of carbonyl (C=O) groups is 1. The number of anilines is 1. The van der Waals surface area contributed by atoms with Crippen molar-refractivity contribution in [3.8, 4) is 17.6 Å².